The second kappa shape index (κ2) is 14.9. The Bertz CT molecular complexity index is 1460. The first-order chi connectivity index (χ1) is 23.7. The van der Waals surface area contributed by atoms with E-state index in [-0.39, 0.29) is 47.5 Å². The van der Waals surface area contributed by atoms with Crippen LogP contribution in [0, 0.1) is 0 Å². The predicted octanol–water partition coefficient (Wildman–Crippen LogP) is 3.20. The van der Waals surface area contributed by atoms with Gasteiger partial charge in [-0.25, -0.2) is 19.4 Å². The van der Waals surface area contributed by atoms with Crippen molar-refractivity contribution in [1.82, 2.24) is 9.80 Å². The van der Waals surface area contributed by atoms with Crippen LogP contribution in [0.1, 0.15) is 65.7 Å². The molecule has 0 radical (unpaired) electrons. The van der Waals surface area contributed by atoms with Crippen LogP contribution in [-0.2, 0) is 19.6 Å². The van der Waals surface area contributed by atoms with Crippen molar-refractivity contribution in [3.05, 3.63) is 47.5 Å². The number of ether oxygens (including phenoxy) is 2. The Labute approximate surface area is 282 Å². The van der Waals surface area contributed by atoms with Crippen LogP contribution in [0.5, 0.6) is 11.5 Å². The molecule has 4 atom stereocenters. The molecule has 16 nitrogen and oxygen atoms in total. The molecule has 2 aromatic rings. The molecule has 0 bridgehead atoms. The first kappa shape index (κ1) is 34.2. The van der Waals surface area contributed by atoms with E-state index < -0.39 is 36.7 Å². The fourth-order valence-electron chi connectivity index (χ4n) is 6.87. The molecule has 4 unspecified atom stereocenters. The van der Waals surface area contributed by atoms with E-state index in [1.165, 1.54) is 38.5 Å². The molecule has 0 saturated carbocycles. The highest BCUT2D eigenvalue weighted by atomic mass is 17.2. The Kier molecular flexibility index (Phi) is 10.4. The number of hydrogen-bond donors (Lipinski definition) is 2. The lowest BCUT2D eigenvalue weighted by molar-refractivity contribution is -0.242. The van der Waals surface area contributed by atoms with Crippen LogP contribution in [0.15, 0.2) is 36.4 Å². The number of methoxy groups -OCH3 is 2. The van der Waals surface area contributed by atoms with Gasteiger partial charge in [-0.1, -0.05) is 0 Å². The minimum atomic E-state index is -1.33. The minimum Gasteiger partial charge on any atom is -0.497 e. The maximum atomic E-state index is 13.3. The van der Waals surface area contributed by atoms with E-state index in [0.29, 0.717) is 69.5 Å². The molecule has 2 fully saturated rings. The van der Waals surface area contributed by atoms with Crippen LogP contribution in [-0.4, -0.2) is 109 Å². The highest BCUT2D eigenvalue weighted by molar-refractivity contribution is 6.06. The molecule has 4 heterocycles. The second-order valence-corrected chi connectivity index (χ2v) is 12.2. The van der Waals surface area contributed by atoms with Gasteiger partial charge in [0.2, 0.25) is 0 Å². The van der Waals surface area contributed by atoms with Crippen molar-refractivity contribution in [2.75, 3.05) is 50.3 Å². The Morgan fingerprint density at radius 2 is 1.12 bits per heavy atom. The summed E-state index contributed by atoms with van der Waals surface area (Å²) in [5.74, 6) is 0.266. The van der Waals surface area contributed by atoms with E-state index in [9.17, 15) is 29.4 Å². The number of carbonyl (C=O) groups is 4. The summed E-state index contributed by atoms with van der Waals surface area (Å²) in [4.78, 5) is 78.3. The van der Waals surface area contributed by atoms with Crippen LogP contribution in [0.4, 0.5) is 21.0 Å². The number of carbonyl (C=O) groups excluding carboxylic acids is 4. The lowest BCUT2D eigenvalue weighted by atomic mass is 10.1. The van der Waals surface area contributed by atoms with Crippen molar-refractivity contribution in [2.45, 2.75) is 69.5 Å². The van der Waals surface area contributed by atoms with E-state index in [1.807, 2.05) is 0 Å². The third-order valence-electron chi connectivity index (χ3n) is 9.33. The van der Waals surface area contributed by atoms with Crippen molar-refractivity contribution < 1.29 is 58.4 Å². The number of benzene rings is 2. The van der Waals surface area contributed by atoms with Crippen molar-refractivity contribution >= 4 is 35.4 Å². The number of nitrogens with zero attached hydrogens (tertiary/aromatic N) is 4. The van der Waals surface area contributed by atoms with Crippen LogP contribution in [0.3, 0.4) is 0 Å². The van der Waals surface area contributed by atoms with Gasteiger partial charge in [-0.05, 0) is 81.3 Å². The second-order valence-electron chi connectivity index (χ2n) is 12.2. The molecule has 4 aliphatic heterocycles. The molecule has 0 spiro atoms. The molecule has 6 rings (SSSR count). The lowest BCUT2D eigenvalue weighted by Gasteiger charge is -2.31. The molecule has 2 N–H and O–H groups in total. The zero-order chi connectivity index (χ0) is 34.7. The van der Waals surface area contributed by atoms with Crippen LogP contribution < -0.4 is 19.3 Å². The fraction of sp³-hybridized carbons (Fsp3) is 0.515. The van der Waals surface area contributed by atoms with E-state index >= 15 is 0 Å². The zero-order valence-electron chi connectivity index (χ0n) is 27.3. The first-order valence-electron chi connectivity index (χ1n) is 16.3. The molecule has 2 saturated heterocycles. The number of hydrogen-bond acceptors (Lipinski definition) is 12. The quantitative estimate of drug-likeness (QED) is 0.213. The zero-order valence-corrected chi connectivity index (χ0v) is 27.3. The van der Waals surface area contributed by atoms with Crippen molar-refractivity contribution in [3.63, 3.8) is 0 Å². The van der Waals surface area contributed by atoms with Gasteiger partial charge in [-0.2, -0.15) is 9.78 Å². The van der Waals surface area contributed by atoms with Gasteiger partial charge in [0.25, 0.3) is 11.8 Å². The highest BCUT2D eigenvalue weighted by Gasteiger charge is 2.46. The average molecular weight is 685 g/mol. The van der Waals surface area contributed by atoms with Gasteiger partial charge >= 0.3 is 12.2 Å². The van der Waals surface area contributed by atoms with Crippen molar-refractivity contribution in [3.8, 4) is 11.5 Å². The maximum absolute atomic E-state index is 13.3. The van der Waals surface area contributed by atoms with Gasteiger partial charge in [0.1, 0.15) is 11.5 Å². The third kappa shape index (κ3) is 6.68. The number of anilines is 2. The van der Waals surface area contributed by atoms with Gasteiger partial charge in [-0.3, -0.25) is 19.4 Å². The standard InChI is InChI=1S/C33H40N4O12/c1-44-20-10-12-24-22(18-20)28(38)34-14-6-8-26(34)30(40)36(24)32(42)48-46-16-4-3-5-17-47-49-33(43)37-25-13-11-21(45-2)19-23(25)29(39)35-15-7-9-27(35)31(37)41/h10-13,18-19,26-27,30-31,40-41H,3-9,14-17H2,1-2H3. The summed E-state index contributed by atoms with van der Waals surface area (Å²) in [7, 11) is 2.95. The Hall–Kier alpha value is -4.64. The van der Waals surface area contributed by atoms with Gasteiger partial charge in [0.05, 0.1) is 62.0 Å². The van der Waals surface area contributed by atoms with Gasteiger partial charge < -0.3 is 29.5 Å². The molecule has 0 aliphatic carbocycles. The third-order valence-corrected chi connectivity index (χ3v) is 9.33. The Balaban J connectivity index is 0.965. The molecular weight excluding hydrogens is 644 g/mol. The van der Waals surface area contributed by atoms with E-state index in [1.54, 1.807) is 21.9 Å². The summed E-state index contributed by atoms with van der Waals surface area (Å²) in [6.45, 7) is 0.990. The molecule has 4 aliphatic rings. The number of rotatable bonds is 10. The van der Waals surface area contributed by atoms with Gasteiger partial charge in [0, 0.05) is 13.1 Å². The molecular formula is C33H40N4O12. The SMILES string of the molecule is COc1ccc2c(c1)C(=O)N1CCCC1C(O)N2C(=O)OOCCCCCOOC(=O)N1c2ccc(OC)cc2C(=O)N2CCCC2C1O. The summed E-state index contributed by atoms with van der Waals surface area (Å²) < 4.78 is 10.5. The van der Waals surface area contributed by atoms with Crippen molar-refractivity contribution in [1.29, 1.82) is 0 Å². The predicted molar refractivity (Wildman–Crippen MR) is 170 cm³/mol. The lowest BCUT2D eigenvalue weighted by Crippen LogP contribution is -2.50. The summed E-state index contributed by atoms with van der Waals surface area (Å²) in [6, 6.07) is 8.11. The number of aliphatic hydroxyl groups is 2. The number of fused-ring (bicyclic) bond motifs is 4. The van der Waals surface area contributed by atoms with E-state index in [2.05, 4.69) is 0 Å². The van der Waals surface area contributed by atoms with Gasteiger partial charge in [-0.15, -0.1) is 0 Å². The van der Waals surface area contributed by atoms with Gasteiger partial charge in [0.15, 0.2) is 12.5 Å². The topological polar surface area (TPSA) is 177 Å². The Morgan fingerprint density at radius 1 is 0.694 bits per heavy atom. The largest absolute Gasteiger partial charge is 0.497 e. The summed E-state index contributed by atoms with van der Waals surface area (Å²) in [5.41, 5.74) is 0.806. The summed E-state index contributed by atoms with van der Waals surface area (Å²) >= 11 is 0. The first-order valence-corrected chi connectivity index (χ1v) is 16.3. The fourth-order valence-corrected chi connectivity index (χ4v) is 6.87. The van der Waals surface area contributed by atoms with E-state index in [0.717, 1.165) is 9.80 Å². The van der Waals surface area contributed by atoms with Crippen molar-refractivity contribution in [2.24, 2.45) is 0 Å². The minimum absolute atomic E-state index is 0.0333. The number of amides is 4. The molecule has 264 valence electrons. The molecule has 2 aromatic carbocycles. The van der Waals surface area contributed by atoms with E-state index in [4.69, 9.17) is 29.0 Å². The maximum Gasteiger partial charge on any atom is 0.447 e. The average Bonchev–Trinajstić information content (AvgIpc) is 3.78. The number of aliphatic hydroxyl groups excluding tert-OH is 2. The molecule has 49 heavy (non-hydrogen) atoms. The molecule has 16 heteroatoms. The molecule has 0 aromatic heterocycles. The number of unbranched alkanes of at least 4 members (excludes halogenated alkanes) is 2. The summed E-state index contributed by atoms with van der Waals surface area (Å²) in [5, 5.41) is 22.3. The van der Waals surface area contributed by atoms with Crippen LogP contribution >= 0.6 is 0 Å². The van der Waals surface area contributed by atoms with Crippen LogP contribution in [0.25, 0.3) is 0 Å². The Morgan fingerprint density at radius 3 is 1.53 bits per heavy atom. The highest BCUT2D eigenvalue weighted by Crippen LogP contribution is 2.38. The summed E-state index contributed by atoms with van der Waals surface area (Å²) in [6.07, 6.45) is -0.690. The monoisotopic (exact) mass is 684 g/mol. The normalized spacial score (nSPS) is 22.9. The van der Waals surface area contributed by atoms with Crippen LogP contribution in [0.2, 0.25) is 0 Å². The smallest absolute Gasteiger partial charge is 0.447 e. The molecule has 4 amide bonds.